The maximum atomic E-state index is 12.6. The van der Waals surface area contributed by atoms with Crippen LogP contribution < -0.4 is 10.6 Å². The number of nitrogens with zero attached hydrogens (tertiary/aromatic N) is 1. The van der Waals surface area contributed by atoms with Crippen LogP contribution in [0.5, 0.6) is 0 Å². The van der Waals surface area contributed by atoms with Crippen LogP contribution in [0.15, 0.2) is 24.3 Å². The molecule has 29 heavy (non-hydrogen) atoms. The second-order valence-corrected chi connectivity index (χ2v) is 8.02. The molecule has 1 atom stereocenters. The lowest BCUT2D eigenvalue weighted by Gasteiger charge is -2.22. The van der Waals surface area contributed by atoms with E-state index in [2.05, 4.69) is 10.6 Å². The SMILES string of the molecule is CC(C)CC[C@]1(C)NC(=O)N(CC(=O)OCC(=O)NCc2ccccc2Cl)C1=O. The number of rotatable bonds is 9. The molecule has 0 aromatic heterocycles. The second kappa shape index (κ2) is 9.73. The summed E-state index contributed by atoms with van der Waals surface area (Å²) in [6, 6.07) is 6.40. The number of carbonyl (C=O) groups excluding carboxylic acids is 4. The van der Waals surface area contributed by atoms with Crippen LogP contribution >= 0.6 is 11.6 Å². The lowest BCUT2D eigenvalue weighted by molar-refractivity contribution is -0.151. The van der Waals surface area contributed by atoms with Gasteiger partial charge in [0.25, 0.3) is 11.8 Å². The average Bonchev–Trinajstić information content (AvgIpc) is 2.87. The summed E-state index contributed by atoms with van der Waals surface area (Å²) in [4.78, 5) is 49.3. The third kappa shape index (κ3) is 6.19. The van der Waals surface area contributed by atoms with Gasteiger partial charge in [0, 0.05) is 11.6 Å². The van der Waals surface area contributed by atoms with Crippen molar-refractivity contribution in [2.24, 2.45) is 5.92 Å². The zero-order valence-electron chi connectivity index (χ0n) is 16.8. The molecule has 0 unspecified atom stereocenters. The van der Waals surface area contributed by atoms with Crippen molar-refractivity contribution in [3.63, 3.8) is 0 Å². The van der Waals surface area contributed by atoms with Gasteiger partial charge in [-0.1, -0.05) is 43.6 Å². The summed E-state index contributed by atoms with van der Waals surface area (Å²) >= 11 is 6.01. The molecule has 4 amide bonds. The Balaban J connectivity index is 1.79. The van der Waals surface area contributed by atoms with E-state index in [4.69, 9.17) is 16.3 Å². The Morgan fingerprint density at radius 3 is 2.62 bits per heavy atom. The number of hydrogen-bond acceptors (Lipinski definition) is 5. The second-order valence-electron chi connectivity index (χ2n) is 7.61. The number of urea groups is 1. The fraction of sp³-hybridized carbons (Fsp3) is 0.500. The normalized spacial score (nSPS) is 18.7. The predicted octanol–water partition coefficient (Wildman–Crippen LogP) is 2.25. The lowest BCUT2D eigenvalue weighted by atomic mass is 9.92. The van der Waals surface area contributed by atoms with Crippen LogP contribution in [0.1, 0.15) is 39.2 Å². The highest BCUT2D eigenvalue weighted by molar-refractivity contribution is 6.31. The van der Waals surface area contributed by atoms with Gasteiger partial charge in [0.2, 0.25) is 0 Å². The molecular formula is C20H26ClN3O5. The fourth-order valence-electron chi connectivity index (χ4n) is 2.84. The van der Waals surface area contributed by atoms with E-state index in [0.29, 0.717) is 17.4 Å². The summed E-state index contributed by atoms with van der Waals surface area (Å²) in [5.41, 5.74) is -0.303. The summed E-state index contributed by atoms with van der Waals surface area (Å²) in [5, 5.41) is 5.74. The number of halogens is 1. The molecule has 1 saturated heterocycles. The molecule has 0 saturated carbocycles. The van der Waals surface area contributed by atoms with Crippen LogP contribution in [0.3, 0.4) is 0 Å². The summed E-state index contributed by atoms with van der Waals surface area (Å²) in [7, 11) is 0. The highest BCUT2D eigenvalue weighted by atomic mass is 35.5. The minimum atomic E-state index is -1.03. The van der Waals surface area contributed by atoms with Gasteiger partial charge in [0.05, 0.1) is 0 Å². The van der Waals surface area contributed by atoms with Gasteiger partial charge in [-0.15, -0.1) is 0 Å². The lowest BCUT2D eigenvalue weighted by Crippen LogP contribution is -2.44. The Bertz CT molecular complexity index is 798. The number of esters is 1. The van der Waals surface area contributed by atoms with Crippen LogP contribution in [0, 0.1) is 5.92 Å². The maximum absolute atomic E-state index is 12.6. The van der Waals surface area contributed by atoms with Crippen LogP contribution in [-0.2, 0) is 25.7 Å². The molecule has 0 bridgehead atoms. The number of hydrogen-bond donors (Lipinski definition) is 2. The molecular weight excluding hydrogens is 398 g/mol. The Hall–Kier alpha value is -2.61. The van der Waals surface area contributed by atoms with E-state index >= 15 is 0 Å². The molecule has 1 aromatic rings. The molecule has 158 valence electrons. The molecule has 1 aliphatic rings. The van der Waals surface area contributed by atoms with E-state index in [1.165, 1.54) is 0 Å². The largest absolute Gasteiger partial charge is 0.454 e. The number of imide groups is 1. The van der Waals surface area contributed by atoms with Crippen molar-refractivity contribution < 1.29 is 23.9 Å². The third-order valence-corrected chi connectivity index (χ3v) is 5.02. The van der Waals surface area contributed by atoms with E-state index in [1.807, 2.05) is 13.8 Å². The number of amides is 4. The molecule has 0 aliphatic carbocycles. The zero-order chi connectivity index (χ0) is 21.6. The first-order chi connectivity index (χ1) is 13.6. The smallest absolute Gasteiger partial charge is 0.326 e. The maximum Gasteiger partial charge on any atom is 0.326 e. The van der Waals surface area contributed by atoms with Gasteiger partial charge in [-0.05, 0) is 37.3 Å². The Morgan fingerprint density at radius 1 is 1.28 bits per heavy atom. The van der Waals surface area contributed by atoms with Gasteiger partial charge in [-0.25, -0.2) is 4.79 Å². The predicted molar refractivity (Wildman–Crippen MR) is 107 cm³/mol. The topological polar surface area (TPSA) is 105 Å². The van der Waals surface area contributed by atoms with Crippen LogP contribution in [-0.4, -0.2) is 47.4 Å². The molecule has 1 aliphatic heterocycles. The third-order valence-electron chi connectivity index (χ3n) is 4.65. The molecule has 2 rings (SSSR count). The van der Waals surface area contributed by atoms with Crippen LogP contribution in [0.4, 0.5) is 4.79 Å². The van der Waals surface area contributed by atoms with Crippen molar-refractivity contribution in [3.05, 3.63) is 34.9 Å². The summed E-state index contributed by atoms with van der Waals surface area (Å²) in [6.45, 7) is 4.82. The van der Waals surface area contributed by atoms with Gasteiger partial charge in [0.1, 0.15) is 12.1 Å². The highest BCUT2D eigenvalue weighted by Gasteiger charge is 2.48. The zero-order valence-corrected chi connectivity index (χ0v) is 17.5. The number of ether oxygens (including phenoxy) is 1. The van der Waals surface area contributed by atoms with Crippen molar-refractivity contribution >= 4 is 35.4 Å². The van der Waals surface area contributed by atoms with E-state index in [0.717, 1.165) is 16.9 Å². The van der Waals surface area contributed by atoms with Gasteiger partial charge >= 0.3 is 12.0 Å². The van der Waals surface area contributed by atoms with E-state index in [-0.39, 0.29) is 6.54 Å². The number of carbonyl (C=O) groups is 4. The van der Waals surface area contributed by atoms with Gasteiger partial charge in [-0.3, -0.25) is 19.3 Å². The standard InChI is InChI=1S/C20H26ClN3O5/c1-13(2)8-9-20(3)18(27)24(19(28)23-20)11-17(26)29-12-16(25)22-10-14-6-4-5-7-15(14)21/h4-7,13H,8-12H2,1-3H3,(H,22,25)(H,23,28)/t20-/m0/s1. The van der Waals surface area contributed by atoms with E-state index in [9.17, 15) is 19.2 Å². The molecule has 1 heterocycles. The Kier molecular flexibility index (Phi) is 7.61. The molecule has 1 aromatic carbocycles. The fourth-order valence-corrected chi connectivity index (χ4v) is 3.05. The van der Waals surface area contributed by atoms with Gasteiger partial charge in [0.15, 0.2) is 6.61 Å². The average molecular weight is 424 g/mol. The first-order valence-electron chi connectivity index (χ1n) is 9.42. The summed E-state index contributed by atoms with van der Waals surface area (Å²) in [6.07, 6.45) is 1.23. The van der Waals surface area contributed by atoms with Crippen LogP contribution in [0.2, 0.25) is 5.02 Å². The summed E-state index contributed by atoms with van der Waals surface area (Å²) < 4.78 is 4.89. The van der Waals surface area contributed by atoms with Crippen molar-refractivity contribution in [3.8, 4) is 0 Å². The van der Waals surface area contributed by atoms with Crippen molar-refractivity contribution in [2.45, 2.75) is 45.7 Å². The molecule has 9 heteroatoms. The quantitative estimate of drug-likeness (QED) is 0.468. The van der Waals surface area contributed by atoms with Crippen LogP contribution in [0.25, 0.3) is 0 Å². The molecule has 1 fully saturated rings. The molecule has 0 spiro atoms. The Morgan fingerprint density at radius 2 is 1.97 bits per heavy atom. The van der Waals surface area contributed by atoms with Crippen molar-refractivity contribution in [1.29, 1.82) is 0 Å². The molecule has 2 N–H and O–H groups in total. The van der Waals surface area contributed by atoms with E-state index < -0.39 is 42.5 Å². The van der Waals surface area contributed by atoms with Crippen molar-refractivity contribution in [2.75, 3.05) is 13.2 Å². The van der Waals surface area contributed by atoms with Gasteiger partial charge in [-0.2, -0.15) is 0 Å². The Labute approximate surface area is 174 Å². The highest BCUT2D eigenvalue weighted by Crippen LogP contribution is 2.24. The monoisotopic (exact) mass is 423 g/mol. The van der Waals surface area contributed by atoms with Gasteiger partial charge < -0.3 is 15.4 Å². The minimum Gasteiger partial charge on any atom is -0.454 e. The summed E-state index contributed by atoms with van der Waals surface area (Å²) in [5.74, 6) is -1.45. The number of nitrogens with one attached hydrogen (secondary N) is 2. The van der Waals surface area contributed by atoms with E-state index in [1.54, 1.807) is 31.2 Å². The molecule has 0 radical (unpaired) electrons. The van der Waals surface area contributed by atoms with Crippen molar-refractivity contribution in [1.82, 2.24) is 15.5 Å². The molecule has 8 nitrogen and oxygen atoms in total. The first kappa shape index (κ1) is 22.7. The first-order valence-corrected chi connectivity index (χ1v) is 9.80. The minimum absolute atomic E-state index is 0.192. The number of benzene rings is 1.